The zero-order valence-corrected chi connectivity index (χ0v) is 21.6. The molecule has 1 saturated carbocycles. The van der Waals surface area contributed by atoms with Crippen LogP contribution in [0.3, 0.4) is 0 Å². The predicted octanol–water partition coefficient (Wildman–Crippen LogP) is 7.36. The number of amides is 1. The van der Waals surface area contributed by atoms with Crippen molar-refractivity contribution in [3.8, 4) is 11.3 Å². The van der Waals surface area contributed by atoms with Crippen molar-refractivity contribution in [3.05, 3.63) is 64.7 Å². The van der Waals surface area contributed by atoms with Gasteiger partial charge in [-0.15, -0.1) is 0 Å². The summed E-state index contributed by atoms with van der Waals surface area (Å²) in [6.07, 6.45) is 9.61. The van der Waals surface area contributed by atoms with Gasteiger partial charge in [0.15, 0.2) is 5.78 Å². The molecular weight excluding hydrogens is 444 g/mol. The summed E-state index contributed by atoms with van der Waals surface area (Å²) in [5.41, 5.74) is 8.88. The van der Waals surface area contributed by atoms with E-state index in [9.17, 15) is 9.59 Å². The lowest BCUT2D eigenvalue weighted by molar-refractivity contribution is -0.128. The third-order valence-corrected chi connectivity index (χ3v) is 8.78. The summed E-state index contributed by atoms with van der Waals surface area (Å²) in [5, 5.41) is 1.25. The van der Waals surface area contributed by atoms with Crippen molar-refractivity contribution in [2.24, 2.45) is 0 Å². The number of rotatable bonds is 3. The summed E-state index contributed by atoms with van der Waals surface area (Å²) >= 11 is 0. The van der Waals surface area contributed by atoms with Crippen LogP contribution in [-0.2, 0) is 11.3 Å². The van der Waals surface area contributed by atoms with Gasteiger partial charge in [0.05, 0.1) is 12.2 Å². The molecule has 4 nitrogen and oxygen atoms in total. The molecule has 1 aliphatic carbocycles. The molecule has 0 bridgehead atoms. The second-order valence-corrected chi connectivity index (χ2v) is 11.0. The van der Waals surface area contributed by atoms with Gasteiger partial charge >= 0.3 is 0 Å². The fourth-order valence-corrected chi connectivity index (χ4v) is 6.83. The number of hydrogen-bond acceptors (Lipinski definition) is 2. The molecule has 2 fully saturated rings. The van der Waals surface area contributed by atoms with E-state index in [1.54, 1.807) is 6.92 Å². The molecular formula is C32H36N2O2. The van der Waals surface area contributed by atoms with Gasteiger partial charge in [0.25, 0.3) is 5.91 Å². The minimum Gasteiger partial charge on any atom is -0.339 e. The molecule has 0 atom stereocenters. The molecule has 0 radical (unpaired) electrons. The Morgan fingerprint density at radius 3 is 2.28 bits per heavy atom. The van der Waals surface area contributed by atoms with Crippen LogP contribution in [0, 0.1) is 0 Å². The van der Waals surface area contributed by atoms with Crippen LogP contribution >= 0.6 is 0 Å². The molecule has 3 aliphatic rings. The molecule has 0 spiro atoms. The zero-order valence-electron chi connectivity index (χ0n) is 21.6. The molecule has 3 aromatic rings. The third kappa shape index (κ3) is 3.82. The number of piperidine rings is 1. The molecule has 0 N–H and O–H groups in total. The Balaban J connectivity index is 1.62. The van der Waals surface area contributed by atoms with Gasteiger partial charge in [-0.05, 0) is 74.6 Å². The first-order valence-corrected chi connectivity index (χ1v) is 13.8. The van der Waals surface area contributed by atoms with Crippen LogP contribution in [0.2, 0.25) is 0 Å². The van der Waals surface area contributed by atoms with Gasteiger partial charge in [0, 0.05) is 40.7 Å². The Hall–Kier alpha value is -3.14. The minimum absolute atomic E-state index is 0.0806. The maximum Gasteiger partial charge on any atom is 0.251 e. The molecule has 4 heteroatoms. The van der Waals surface area contributed by atoms with Crippen molar-refractivity contribution in [2.45, 2.75) is 77.7 Å². The lowest BCUT2D eigenvalue weighted by Crippen LogP contribution is -2.37. The smallest absolute Gasteiger partial charge is 0.251 e. The highest BCUT2D eigenvalue weighted by molar-refractivity contribution is 6.06. The molecule has 3 heterocycles. The van der Waals surface area contributed by atoms with E-state index in [1.165, 1.54) is 66.3 Å². The number of allylic oxidation sites excluding steroid dienone is 1. The molecule has 1 amide bonds. The van der Waals surface area contributed by atoms with Gasteiger partial charge in [-0.3, -0.25) is 9.59 Å². The first kappa shape index (κ1) is 23.3. The minimum atomic E-state index is 0.0806. The fraction of sp³-hybridized carbons (Fsp3) is 0.438. The highest BCUT2D eigenvalue weighted by Gasteiger charge is 2.32. The van der Waals surface area contributed by atoms with Crippen LogP contribution in [0.5, 0.6) is 0 Å². The van der Waals surface area contributed by atoms with Gasteiger partial charge in [0.1, 0.15) is 0 Å². The second kappa shape index (κ2) is 9.38. The standard InChI is InChI=1S/C32H36N2O2/c1-21-25-13-7-8-14-26(25)31-30(23-11-5-3-6-12-23)27-16-15-24(22(2)35)19-29(27)34(31)20-28(21)32(36)33-17-9-4-10-18-33/h7-8,13-16,19,23H,3-6,9-12,17-18,20H2,1-2H3. The Morgan fingerprint density at radius 1 is 0.861 bits per heavy atom. The van der Waals surface area contributed by atoms with Crippen molar-refractivity contribution in [1.82, 2.24) is 9.47 Å². The summed E-state index contributed by atoms with van der Waals surface area (Å²) in [7, 11) is 0. The zero-order chi connectivity index (χ0) is 24.8. The number of carbonyl (C=O) groups excluding carboxylic acids is 2. The summed E-state index contributed by atoms with van der Waals surface area (Å²) < 4.78 is 2.37. The van der Waals surface area contributed by atoms with E-state index in [2.05, 4.69) is 52.8 Å². The number of benzene rings is 2. The number of hydrogen-bond donors (Lipinski definition) is 0. The van der Waals surface area contributed by atoms with Gasteiger partial charge < -0.3 is 9.47 Å². The average molecular weight is 481 g/mol. The number of aromatic nitrogens is 1. The maximum absolute atomic E-state index is 14.0. The van der Waals surface area contributed by atoms with E-state index >= 15 is 0 Å². The van der Waals surface area contributed by atoms with Gasteiger partial charge in [-0.25, -0.2) is 0 Å². The van der Waals surface area contributed by atoms with Crippen molar-refractivity contribution < 1.29 is 9.59 Å². The normalized spacial score (nSPS) is 18.7. The number of Topliss-reactive ketones (excluding diaryl/α,β-unsaturated/α-hetero) is 1. The highest BCUT2D eigenvalue weighted by atomic mass is 16.2. The number of fused-ring (bicyclic) bond motifs is 5. The topological polar surface area (TPSA) is 42.3 Å². The van der Waals surface area contributed by atoms with Gasteiger partial charge in [0.2, 0.25) is 0 Å². The number of nitrogens with zero attached hydrogens (tertiary/aromatic N) is 2. The second-order valence-electron chi connectivity index (χ2n) is 11.0. The number of ketones is 1. The Labute approximate surface area is 214 Å². The number of likely N-dealkylation sites (tertiary alicyclic amines) is 1. The average Bonchev–Trinajstić information content (AvgIpc) is 3.18. The van der Waals surface area contributed by atoms with Crippen LogP contribution in [0.4, 0.5) is 0 Å². The molecule has 2 aromatic carbocycles. The third-order valence-electron chi connectivity index (χ3n) is 8.78. The lowest BCUT2D eigenvalue weighted by Gasteiger charge is -2.28. The van der Waals surface area contributed by atoms with E-state index in [0.29, 0.717) is 12.5 Å². The SMILES string of the molecule is CC(=O)c1ccc2c(C3CCCCC3)c3n(c2c1)CC(C(=O)N1CCCCC1)=C(C)c1ccccc1-3. The summed E-state index contributed by atoms with van der Waals surface area (Å²) in [6.45, 7) is 6.01. The Morgan fingerprint density at radius 2 is 1.56 bits per heavy atom. The van der Waals surface area contributed by atoms with Gasteiger partial charge in [-0.2, -0.15) is 0 Å². The van der Waals surface area contributed by atoms with Gasteiger partial charge in [-0.1, -0.05) is 55.7 Å². The lowest BCUT2D eigenvalue weighted by atomic mass is 9.81. The molecule has 0 unspecified atom stereocenters. The van der Waals surface area contributed by atoms with Crippen LogP contribution in [0.15, 0.2) is 48.0 Å². The Kier molecular flexibility index (Phi) is 6.07. The molecule has 186 valence electrons. The monoisotopic (exact) mass is 480 g/mol. The quantitative estimate of drug-likeness (QED) is 0.368. The fourth-order valence-electron chi connectivity index (χ4n) is 6.83. The van der Waals surface area contributed by atoms with Crippen LogP contribution in [0.25, 0.3) is 27.7 Å². The van der Waals surface area contributed by atoms with Crippen LogP contribution in [0.1, 0.15) is 92.6 Å². The Bertz CT molecular complexity index is 1380. The van der Waals surface area contributed by atoms with Crippen molar-refractivity contribution in [1.29, 1.82) is 0 Å². The highest BCUT2D eigenvalue weighted by Crippen LogP contribution is 2.47. The van der Waals surface area contributed by atoms with Crippen molar-refractivity contribution >= 4 is 28.2 Å². The molecule has 1 aromatic heterocycles. The van der Waals surface area contributed by atoms with E-state index in [-0.39, 0.29) is 11.7 Å². The predicted molar refractivity (Wildman–Crippen MR) is 146 cm³/mol. The van der Waals surface area contributed by atoms with Crippen molar-refractivity contribution in [2.75, 3.05) is 13.1 Å². The van der Waals surface area contributed by atoms with E-state index < -0.39 is 0 Å². The number of carbonyl (C=O) groups is 2. The maximum atomic E-state index is 14.0. The summed E-state index contributed by atoms with van der Waals surface area (Å²) in [6, 6.07) is 14.9. The first-order chi connectivity index (χ1) is 17.5. The van der Waals surface area contributed by atoms with E-state index in [1.807, 2.05) is 6.07 Å². The largest absolute Gasteiger partial charge is 0.339 e. The van der Waals surface area contributed by atoms with Crippen molar-refractivity contribution in [3.63, 3.8) is 0 Å². The summed E-state index contributed by atoms with van der Waals surface area (Å²) in [4.78, 5) is 28.4. The molecule has 6 rings (SSSR count). The molecule has 2 aliphatic heterocycles. The molecule has 36 heavy (non-hydrogen) atoms. The van der Waals surface area contributed by atoms with E-state index in [0.717, 1.165) is 48.2 Å². The van der Waals surface area contributed by atoms with E-state index in [4.69, 9.17) is 0 Å². The summed E-state index contributed by atoms with van der Waals surface area (Å²) in [5.74, 6) is 0.768. The van der Waals surface area contributed by atoms with Crippen LogP contribution in [-0.4, -0.2) is 34.2 Å². The first-order valence-electron chi connectivity index (χ1n) is 13.8. The van der Waals surface area contributed by atoms with Crippen LogP contribution < -0.4 is 0 Å². The molecule has 1 saturated heterocycles.